The van der Waals surface area contributed by atoms with Gasteiger partial charge >= 0.3 is 0 Å². The smallest absolute Gasteiger partial charge is 0.187 e. The molecule has 0 spiro atoms. The van der Waals surface area contributed by atoms with Crippen LogP contribution in [0.1, 0.15) is 24.3 Å². The lowest BCUT2D eigenvalue weighted by Gasteiger charge is -2.03. The molecule has 0 aliphatic heterocycles. The minimum atomic E-state index is -0.171. The van der Waals surface area contributed by atoms with E-state index in [-0.39, 0.29) is 23.1 Å². The Morgan fingerprint density at radius 1 is 1.58 bits per heavy atom. The quantitative estimate of drug-likeness (QED) is 0.666. The monoisotopic (exact) mass is 166 g/mol. The number of carbonyl (C=O) groups is 1. The first-order chi connectivity index (χ1) is 5.63. The number of hydrogen-bond acceptors (Lipinski definition) is 4. The van der Waals surface area contributed by atoms with Crippen molar-refractivity contribution in [3.05, 3.63) is 18.2 Å². The topological polar surface area (TPSA) is 63.1 Å². The molecule has 0 amide bonds. The Morgan fingerprint density at radius 3 is 2.75 bits per heavy atom. The number of hydrogen-bond donors (Lipinski definition) is 1. The van der Waals surface area contributed by atoms with Crippen molar-refractivity contribution < 1.29 is 9.90 Å². The van der Waals surface area contributed by atoms with E-state index in [1.165, 1.54) is 12.5 Å². The second kappa shape index (κ2) is 3.30. The highest BCUT2D eigenvalue weighted by molar-refractivity contribution is 5.97. The Hall–Kier alpha value is -1.45. The molecule has 0 aliphatic carbocycles. The van der Waals surface area contributed by atoms with Gasteiger partial charge in [-0.15, -0.1) is 0 Å². The lowest BCUT2D eigenvalue weighted by molar-refractivity contribution is 0.0931. The van der Waals surface area contributed by atoms with Gasteiger partial charge < -0.3 is 5.11 Å². The van der Waals surface area contributed by atoms with Crippen molar-refractivity contribution in [2.24, 2.45) is 5.92 Å². The first kappa shape index (κ1) is 8.64. The molecule has 1 rings (SSSR count). The molecule has 0 bridgehead atoms. The van der Waals surface area contributed by atoms with E-state index in [0.717, 1.165) is 0 Å². The van der Waals surface area contributed by atoms with Crippen molar-refractivity contribution in [3.63, 3.8) is 0 Å². The van der Waals surface area contributed by atoms with Crippen molar-refractivity contribution >= 4 is 5.78 Å². The molecular weight excluding hydrogens is 156 g/mol. The average molecular weight is 166 g/mol. The summed E-state index contributed by atoms with van der Waals surface area (Å²) >= 11 is 0. The molecule has 0 saturated carbocycles. The number of rotatable bonds is 2. The molecular formula is C8H10N2O2. The fourth-order valence-electron chi connectivity index (χ4n) is 0.786. The molecule has 0 aliphatic rings. The van der Waals surface area contributed by atoms with Crippen LogP contribution < -0.4 is 0 Å². The molecule has 0 saturated heterocycles. The van der Waals surface area contributed by atoms with E-state index in [0.29, 0.717) is 0 Å². The van der Waals surface area contributed by atoms with Crippen LogP contribution in [0.2, 0.25) is 0 Å². The predicted molar refractivity (Wildman–Crippen MR) is 42.9 cm³/mol. The molecule has 4 nitrogen and oxygen atoms in total. The van der Waals surface area contributed by atoms with Crippen LogP contribution in [0.3, 0.4) is 0 Å². The van der Waals surface area contributed by atoms with E-state index < -0.39 is 0 Å². The highest BCUT2D eigenvalue weighted by atomic mass is 16.3. The zero-order valence-corrected chi connectivity index (χ0v) is 6.98. The Morgan fingerprint density at radius 2 is 2.25 bits per heavy atom. The number of aromatic hydroxyl groups is 1. The number of aromatic nitrogens is 2. The summed E-state index contributed by atoms with van der Waals surface area (Å²) in [5.74, 6) is -0.489. The Kier molecular flexibility index (Phi) is 2.38. The number of carbonyl (C=O) groups excluding carboxylic acids is 1. The first-order valence-corrected chi connectivity index (χ1v) is 3.66. The van der Waals surface area contributed by atoms with Crippen LogP contribution in [0.4, 0.5) is 0 Å². The molecule has 0 fully saturated rings. The molecule has 1 heterocycles. The first-order valence-electron chi connectivity index (χ1n) is 3.66. The highest BCUT2D eigenvalue weighted by Gasteiger charge is 2.15. The minimum absolute atomic E-state index is 0.0972. The molecule has 1 aromatic rings. The van der Waals surface area contributed by atoms with E-state index in [2.05, 4.69) is 9.97 Å². The maximum absolute atomic E-state index is 11.3. The average Bonchev–Trinajstić information content (AvgIpc) is 2.04. The number of nitrogens with zero attached hydrogens (tertiary/aromatic N) is 2. The number of Topliss-reactive ketones (excluding diaryl/α,β-unsaturated/α-hetero) is 1. The molecule has 12 heavy (non-hydrogen) atoms. The maximum Gasteiger partial charge on any atom is 0.187 e. The Balaban J connectivity index is 3.03. The fourth-order valence-corrected chi connectivity index (χ4v) is 0.786. The van der Waals surface area contributed by atoms with E-state index in [1.54, 1.807) is 13.8 Å². The van der Waals surface area contributed by atoms with Crippen LogP contribution >= 0.6 is 0 Å². The molecule has 1 N–H and O–H groups in total. The van der Waals surface area contributed by atoms with Crippen LogP contribution in [0.25, 0.3) is 0 Å². The normalized spacial score (nSPS) is 10.2. The Bertz CT molecular complexity index is 297. The molecule has 1 aromatic heterocycles. The fraction of sp³-hybridized carbons (Fsp3) is 0.375. The van der Waals surface area contributed by atoms with Gasteiger partial charge in [0.05, 0.1) is 6.20 Å². The zero-order valence-electron chi connectivity index (χ0n) is 6.98. The molecule has 4 heteroatoms. The van der Waals surface area contributed by atoms with Gasteiger partial charge in [0.2, 0.25) is 0 Å². The summed E-state index contributed by atoms with van der Waals surface area (Å²) in [6.45, 7) is 3.51. The number of ketones is 1. The largest absolute Gasteiger partial charge is 0.504 e. The van der Waals surface area contributed by atoms with Gasteiger partial charge in [-0.1, -0.05) is 13.8 Å². The van der Waals surface area contributed by atoms with Crippen molar-refractivity contribution in [1.29, 1.82) is 0 Å². The second-order valence-corrected chi connectivity index (χ2v) is 2.78. The van der Waals surface area contributed by atoms with Gasteiger partial charge in [0.15, 0.2) is 17.2 Å². The summed E-state index contributed by atoms with van der Waals surface area (Å²) in [6.07, 6.45) is 2.46. The van der Waals surface area contributed by atoms with Crippen LogP contribution in [0.5, 0.6) is 5.75 Å². The second-order valence-electron chi connectivity index (χ2n) is 2.78. The lowest BCUT2D eigenvalue weighted by Crippen LogP contribution is -2.09. The predicted octanol–water partition coefficient (Wildman–Crippen LogP) is 1.02. The summed E-state index contributed by atoms with van der Waals surface area (Å²) in [7, 11) is 0. The summed E-state index contributed by atoms with van der Waals surface area (Å²) in [5.41, 5.74) is 0.0972. The zero-order chi connectivity index (χ0) is 9.14. The van der Waals surface area contributed by atoms with Gasteiger partial charge in [-0.3, -0.25) is 4.79 Å². The van der Waals surface area contributed by atoms with Crippen molar-refractivity contribution in [2.75, 3.05) is 0 Å². The van der Waals surface area contributed by atoms with E-state index in [1.807, 2.05) is 0 Å². The standard InChI is InChI=1S/C8H10N2O2/c1-5(2)8(12)7-6(11)3-9-4-10-7/h3-5,11H,1-2H3. The SMILES string of the molecule is CC(C)C(=O)c1ncncc1O. The summed E-state index contributed by atoms with van der Waals surface area (Å²) < 4.78 is 0. The Labute approximate surface area is 70.3 Å². The lowest BCUT2D eigenvalue weighted by atomic mass is 10.1. The van der Waals surface area contributed by atoms with Gasteiger partial charge in [0.25, 0.3) is 0 Å². The molecule has 0 unspecified atom stereocenters. The third-order valence-electron chi connectivity index (χ3n) is 1.45. The summed E-state index contributed by atoms with van der Waals surface area (Å²) in [6, 6.07) is 0. The minimum Gasteiger partial charge on any atom is -0.504 e. The van der Waals surface area contributed by atoms with E-state index >= 15 is 0 Å². The molecule has 0 aromatic carbocycles. The summed E-state index contributed by atoms with van der Waals surface area (Å²) in [4.78, 5) is 18.6. The van der Waals surface area contributed by atoms with Crippen molar-refractivity contribution in [3.8, 4) is 5.75 Å². The van der Waals surface area contributed by atoms with Crippen LogP contribution in [-0.4, -0.2) is 20.9 Å². The molecule has 0 radical (unpaired) electrons. The van der Waals surface area contributed by atoms with Crippen LogP contribution in [0.15, 0.2) is 12.5 Å². The molecule has 64 valence electrons. The van der Waals surface area contributed by atoms with Gasteiger partial charge in [0, 0.05) is 5.92 Å². The third-order valence-corrected chi connectivity index (χ3v) is 1.45. The van der Waals surface area contributed by atoms with Gasteiger partial charge in [-0.2, -0.15) is 0 Å². The van der Waals surface area contributed by atoms with Gasteiger partial charge in [0.1, 0.15) is 6.33 Å². The molecule has 0 atom stereocenters. The van der Waals surface area contributed by atoms with Crippen molar-refractivity contribution in [2.45, 2.75) is 13.8 Å². The highest BCUT2D eigenvalue weighted by Crippen LogP contribution is 2.15. The summed E-state index contributed by atoms with van der Waals surface area (Å²) in [5, 5.41) is 9.18. The van der Waals surface area contributed by atoms with Crippen LogP contribution in [-0.2, 0) is 0 Å². The van der Waals surface area contributed by atoms with Crippen LogP contribution in [0, 0.1) is 5.92 Å². The maximum atomic E-state index is 11.3. The van der Waals surface area contributed by atoms with E-state index in [9.17, 15) is 9.90 Å². The van der Waals surface area contributed by atoms with Gasteiger partial charge in [-0.25, -0.2) is 9.97 Å². The van der Waals surface area contributed by atoms with Crippen molar-refractivity contribution in [1.82, 2.24) is 9.97 Å². The van der Waals surface area contributed by atoms with Gasteiger partial charge in [-0.05, 0) is 0 Å². The third kappa shape index (κ3) is 1.58. The van der Waals surface area contributed by atoms with E-state index in [4.69, 9.17) is 0 Å².